The zero-order valence-electron chi connectivity index (χ0n) is 13.0. The summed E-state index contributed by atoms with van der Waals surface area (Å²) < 4.78 is 0. The number of benzene rings is 1. The SMILES string of the molecule is CCc1ccccc1NC(=O)N(C)C1CCC(CO)CC1. The van der Waals surface area contributed by atoms with Gasteiger partial charge in [0.1, 0.15) is 0 Å². The smallest absolute Gasteiger partial charge is 0.321 e. The maximum absolute atomic E-state index is 12.4. The Morgan fingerprint density at radius 1 is 1.29 bits per heavy atom. The summed E-state index contributed by atoms with van der Waals surface area (Å²) in [4.78, 5) is 14.2. The van der Waals surface area contributed by atoms with Crippen molar-refractivity contribution < 1.29 is 9.90 Å². The molecule has 1 aromatic rings. The van der Waals surface area contributed by atoms with E-state index in [2.05, 4.69) is 12.2 Å². The van der Waals surface area contributed by atoms with Crippen LogP contribution in [-0.4, -0.2) is 35.7 Å². The fourth-order valence-electron chi connectivity index (χ4n) is 3.03. The minimum Gasteiger partial charge on any atom is -0.396 e. The lowest BCUT2D eigenvalue weighted by Gasteiger charge is -2.34. The molecule has 2 rings (SSSR count). The topological polar surface area (TPSA) is 52.6 Å². The quantitative estimate of drug-likeness (QED) is 0.894. The molecule has 0 radical (unpaired) electrons. The molecule has 0 aliphatic heterocycles. The molecule has 2 N–H and O–H groups in total. The molecule has 0 unspecified atom stereocenters. The number of aryl methyl sites for hydroxylation is 1. The number of carbonyl (C=O) groups is 1. The lowest BCUT2D eigenvalue weighted by Crippen LogP contribution is -2.42. The zero-order valence-corrected chi connectivity index (χ0v) is 13.0. The molecule has 0 saturated heterocycles. The highest BCUT2D eigenvalue weighted by atomic mass is 16.3. The van der Waals surface area contributed by atoms with Crippen molar-refractivity contribution in [2.45, 2.75) is 45.1 Å². The summed E-state index contributed by atoms with van der Waals surface area (Å²) in [6.07, 6.45) is 4.87. The third-order valence-corrected chi connectivity index (χ3v) is 4.58. The highest BCUT2D eigenvalue weighted by Gasteiger charge is 2.26. The summed E-state index contributed by atoms with van der Waals surface area (Å²) in [5.74, 6) is 0.415. The van der Waals surface area contributed by atoms with Crippen molar-refractivity contribution in [3.8, 4) is 0 Å². The van der Waals surface area contributed by atoms with Crippen LogP contribution in [0.3, 0.4) is 0 Å². The number of carbonyl (C=O) groups excluding carboxylic acids is 1. The number of para-hydroxylation sites is 1. The van der Waals surface area contributed by atoms with Gasteiger partial charge in [-0.15, -0.1) is 0 Å². The highest BCUT2D eigenvalue weighted by Crippen LogP contribution is 2.27. The number of hydrogen-bond donors (Lipinski definition) is 2. The van der Waals surface area contributed by atoms with Gasteiger partial charge < -0.3 is 15.3 Å². The number of anilines is 1. The monoisotopic (exact) mass is 290 g/mol. The van der Waals surface area contributed by atoms with Gasteiger partial charge in [0.05, 0.1) is 0 Å². The van der Waals surface area contributed by atoms with Gasteiger partial charge in [-0.2, -0.15) is 0 Å². The molecule has 0 spiro atoms. The fraction of sp³-hybridized carbons (Fsp3) is 0.588. The molecule has 4 nitrogen and oxygen atoms in total. The number of amides is 2. The van der Waals surface area contributed by atoms with Crippen LogP contribution in [0.2, 0.25) is 0 Å². The summed E-state index contributed by atoms with van der Waals surface area (Å²) >= 11 is 0. The van der Waals surface area contributed by atoms with Crippen molar-refractivity contribution in [2.24, 2.45) is 5.92 Å². The van der Waals surface area contributed by atoms with Gasteiger partial charge in [0.2, 0.25) is 0 Å². The molecule has 0 atom stereocenters. The molecule has 0 aromatic heterocycles. The molecule has 2 amide bonds. The van der Waals surface area contributed by atoms with Crippen molar-refractivity contribution in [1.29, 1.82) is 0 Å². The van der Waals surface area contributed by atoms with Crippen LogP contribution in [0, 0.1) is 5.92 Å². The third-order valence-electron chi connectivity index (χ3n) is 4.58. The zero-order chi connectivity index (χ0) is 15.2. The lowest BCUT2D eigenvalue weighted by atomic mass is 9.86. The second kappa shape index (κ2) is 7.46. The number of aliphatic hydroxyl groups excluding tert-OH is 1. The first-order valence-electron chi connectivity index (χ1n) is 7.88. The fourth-order valence-corrected chi connectivity index (χ4v) is 3.03. The molecule has 21 heavy (non-hydrogen) atoms. The van der Waals surface area contributed by atoms with Gasteiger partial charge in [-0.1, -0.05) is 25.1 Å². The maximum atomic E-state index is 12.4. The second-order valence-corrected chi connectivity index (χ2v) is 5.91. The minimum absolute atomic E-state index is 0.0386. The van der Waals surface area contributed by atoms with Crippen LogP contribution in [0.25, 0.3) is 0 Å². The molecule has 0 heterocycles. The Morgan fingerprint density at radius 2 is 1.95 bits per heavy atom. The highest BCUT2D eigenvalue weighted by molar-refractivity contribution is 5.90. The van der Waals surface area contributed by atoms with Gasteiger partial charge in [-0.05, 0) is 49.7 Å². The predicted octanol–water partition coefficient (Wildman–Crippen LogP) is 3.26. The molecule has 1 aliphatic carbocycles. The molecule has 1 aromatic carbocycles. The van der Waals surface area contributed by atoms with Crippen LogP contribution < -0.4 is 5.32 Å². The Labute approximate surface area is 127 Å². The molecule has 1 fully saturated rings. The maximum Gasteiger partial charge on any atom is 0.321 e. The van der Waals surface area contributed by atoms with E-state index in [0.29, 0.717) is 5.92 Å². The van der Waals surface area contributed by atoms with Gasteiger partial charge in [0, 0.05) is 25.4 Å². The molecular formula is C17H26N2O2. The van der Waals surface area contributed by atoms with Crippen LogP contribution in [0.5, 0.6) is 0 Å². The molecule has 4 heteroatoms. The Balaban J connectivity index is 1.94. The Kier molecular flexibility index (Phi) is 5.62. The summed E-state index contributed by atoms with van der Waals surface area (Å²) in [6, 6.07) is 8.18. The van der Waals surface area contributed by atoms with Crippen molar-refractivity contribution in [3.05, 3.63) is 29.8 Å². The van der Waals surface area contributed by atoms with E-state index in [1.165, 1.54) is 0 Å². The Bertz CT molecular complexity index is 468. The molecule has 116 valence electrons. The van der Waals surface area contributed by atoms with E-state index in [1.807, 2.05) is 36.2 Å². The number of nitrogens with one attached hydrogen (secondary N) is 1. The second-order valence-electron chi connectivity index (χ2n) is 5.91. The van der Waals surface area contributed by atoms with E-state index < -0.39 is 0 Å². The van der Waals surface area contributed by atoms with Crippen LogP contribution in [0.4, 0.5) is 10.5 Å². The van der Waals surface area contributed by atoms with E-state index in [4.69, 9.17) is 0 Å². The van der Waals surface area contributed by atoms with Gasteiger partial charge >= 0.3 is 6.03 Å². The molecule has 1 aliphatic rings. The molecular weight excluding hydrogens is 264 g/mol. The first kappa shape index (κ1) is 15.8. The Morgan fingerprint density at radius 3 is 2.57 bits per heavy atom. The average Bonchev–Trinajstić information content (AvgIpc) is 2.54. The number of rotatable bonds is 4. The van der Waals surface area contributed by atoms with Gasteiger partial charge in [0.15, 0.2) is 0 Å². The Hall–Kier alpha value is -1.55. The van der Waals surface area contributed by atoms with Gasteiger partial charge in [0.25, 0.3) is 0 Å². The summed E-state index contributed by atoms with van der Waals surface area (Å²) in [6.45, 7) is 2.36. The first-order chi connectivity index (χ1) is 10.2. The number of nitrogens with zero attached hydrogens (tertiary/aromatic N) is 1. The van der Waals surface area contributed by atoms with Gasteiger partial charge in [-0.3, -0.25) is 0 Å². The van der Waals surface area contributed by atoms with E-state index in [9.17, 15) is 9.90 Å². The van der Waals surface area contributed by atoms with Crippen molar-refractivity contribution >= 4 is 11.7 Å². The largest absolute Gasteiger partial charge is 0.396 e. The van der Waals surface area contributed by atoms with Crippen molar-refractivity contribution in [3.63, 3.8) is 0 Å². The normalized spacial score (nSPS) is 21.9. The van der Waals surface area contributed by atoms with Crippen molar-refractivity contribution in [2.75, 3.05) is 19.0 Å². The van der Waals surface area contributed by atoms with Gasteiger partial charge in [-0.25, -0.2) is 4.79 Å². The average molecular weight is 290 g/mol. The van der Waals surface area contributed by atoms with E-state index in [-0.39, 0.29) is 18.7 Å². The summed E-state index contributed by atoms with van der Waals surface area (Å²) in [5.41, 5.74) is 2.06. The molecule has 1 saturated carbocycles. The third kappa shape index (κ3) is 3.97. The first-order valence-corrected chi connectivity index (χ1v) is 7.88. The van der Waals surface area contributed by atoms with Crippen LogP contribution in [0.1, 0.15) is 38.2 Å². The number of aliphatic hydroxyl groups is 1. The van der Waals surface area contributed by atoms with E-state index in [1.54, 1.807) is 0 Å². The predicted molar refractivity (Wildman–Crippen MR) is 85.4 cm³/mol. The van der Waals surface area contributed by atoms with E-state index >= 15 is 0 Å². The number of urea groups is 1. The van der Waals surface area contributed by atoms with E-state index in [0.717, 1.165) is 43.4 Å². The van der Waals surface area contributed by atoms with Crippen LogP contribution in [-0.2, 0) is 6.42 Å². The summed E-state index contributed by atoms with van der Waals surface area (Å²) in [7, 11) is 1.87. The standard InChI is InChI=1S/C17H26N2O2/c1-3-14-6-4-5-7-16(14)18-17(21)19(2)15-10-8-13(12-20)9-11-15/h4-7,13,15,20H,3,8-12H2,1-2H3,(H,18,21). The van der Waals surface area contributed by atoms with Crippen LogP contribution in [0.15, 0.2) is 24.3 Å². The number of hydrogen-bond acceptors (Lipinski definition) is 2. The molecule has 0 bridgehead atoms. The lowest BCUT2D eigenvalue weighted by molar-refractivity contribution is 0.139. The minimum atomic E-state index is -0.0386. The van der Waals surface area contributed by atoms with Crippen molar-refractivity contribution in [1.82, 2.24) is 4.90 Å². The van der Waals surface area contributed by atoms with Crippen LogP contribution >= 0.6 is 0 Å². The summed E-state index contributed by atoms with van der Waals surface area (Å²) in [5, 5.41) is 12.2.